The number of carbonyl (C=O) groups is 1. The number of hydrogen-bond acceptors (Lipinski definition) is 4. The van der Waals surface area contributed by atoms with E-state index < -0.39 is 10.9 Å². The fourth-order valence-corrected chi connectivity index (χ4v) is 2.36. The van der Waals surface area contributed by atoms with Gasteiger partial charge in [0.15, 0.2) is 0 Å². The highest BCUT2D eigenvalue weighted by Gasteiger charge is 2.19. The molecule has 0 aliphatic heterocycles. The molecule has 0 radical (unpaired) electrons. The van der Waals surface area contributed by atoms with Crippen molar-refractivity contribution in [2.45, 2.75) is 27.2 Å². The molecule has 1 aromatic carbocycles. The van der Waals surface area contributed by atoms with Gasteiger partial charge in [-0.2, -0.15) is 5.10 Å². The maximum Gasteiger partial charge on any atom is 0.307 e. The van der Waals surface area contributed by atoms with Crippen molar-refractivity contribution in [2.24, 2.45) is 0 Å². The maximum absolute atomic E-state index is 11.0. The van der Waals surface area contributed by atoms with E-state index in [0.717, 1.165) is 0 Å². The van der Waals surface area contributed by atoms with Gasteiger partial charge in [-0.3, -0.25) is 14.9 Å². The number of rotatable bonds is 4. The Bertz CT molecular complexity index is 734. The summed E-state index contributed by atoms with van der Waals surface area (Å²) in [6.45, 7) is 5.14. The van der Waals surface area contributed by atoms with Gasteiger partial charge in [0.25, 0.3) is 5.69 Å². The number of aryl methyl sites for hydroxylation is 1. The fourth-order valence-electron chi connectivity index (χ4n) is 2.36. The van der Waals surface area contributed by atoms with Crippen LogP contribution in [0, 0.1) is 30.9 Å². The van der Waals surface area contributed by atoms with E-state index in [4.69, 9.17) is 5.11 Å². The minimum absolute atomic E-state index is 0.0137. The van der Waals surface area contributed by atoms with Crippen LogP contribution in [0.3, 0.4) is 0 Å². The van der Waals surface area contributed by atoms with Crippen LogP contribution in [0.2, 0.25) is 0 Å². The van der Waals surface area contributed by atoms with E-state index in [9.17, 15) is 14.9 Å². The molecule has 2 aromatic rings. The number of aliphatic carboxylic acids is 1. The average Bonchev–Trinajstić information content (AvgIpc) is 2.66. The summed E-state index contributed by atoms with van der Waals surface area (Å²) in [5.41, 5.74) is 3.02. The quantitative estimate of drug-likeness (QED) is 0.688. The Morgan fingerprint density at radius 3 is 2.62 bits per heavy atom. The fraction of sp³-hybridized carbons (Fsp3) is 0.286. The predicted molar refractivity (Wildman–Crippen MR) is 75.8 cm³/mol. The Morgan fingerprint density at radius 2 is 2.05 bits per heavy atom. The summed E-state index contributed by atoms with van der Waals surface area (Å²) in [6.07, 6.45) is -0.119. The van der Waals surface area contributed by atoms with Crippen LogP contribution < -0.4 is 0 Å². The van der Waals surface area contributed by atoms with Gasteiger partial charge >= 0.3 is 5.97 Å². The van der Waals surface area contributed by atoms with E-state index >= 15 is 0 Å². The lowest BCUT2D eigenvalue weighted by Gasteiger charge is -2.08. The van der Waals surface area contributed by atoms with Gasteiger partial charge in [-0.15, -0.1) is 0 Å². The Morgan fingerprint density at radius 1 is 1.38 bits per heavy atom. The number of aromatic nitrogens is 2. The SMILES string of the molecule is Cc1nn(-c2cccc([N+](=O)[O-])c2C)c(C)c1CC(=O)O. The van der Waals surface area contributed by atoms with E-state index in [-0.39, 0.29) is 12.1 Å². The van der Waals surface area contributed by atoms with E-state index in [1.807, 2.05) is 0 Å². The molecule has 1 heterocycles. The zero-order valence-corrected chi connectivity index (χ0v) is 12.0. The van der Waals surface area contributed by atoms with Crippen molar-refractivity contribution < 1.29 is 14.8 Å². The molecule has 0 fully saturated rings. The Hall–Kier alpha value is -2.70. The zero-order valence-electron chi connectivity index (χ0n) is 12.0. The highest BCUT2D eigenvalue weighted by molar-refractivity contribution is 5.71. The largest absolute Gasteiger partial charge is 0.481 e. The Labute approximate surface area is 121 Å². The minimum Gasteiger partial charge on any atom is -0.481 e. The van der Waals surface area contributed by atoms with Gasteiger partial charge in [0, 0.05) is 17.3 Å². The van der Waals surface area contributed by atoms with Crippen molar-refractivity contribution in [3.63, 3.8) is 0 Å². The van der Waals surface area contributed by atoms with Crippen molar-refractivity contribution in [2.75, 3.05) is 0 Å². The molecule has 0 amide bonds. The van der Waals surface area contributed by atoms with E-state index in [1.165, 1.54) is 6.07 Å². The molecule has 21 heavy (non-hydrogen) atoms. The van der Waals surface area contributed by atoms with Gasteiger partial charge < -0.3 is 5.11 Å². The number of nitro benzene ring substituents is 1. The molecule has 0 aliphatic rings. The molecule has 7 heteroatoms. The molecule has 0 unspecified atom stereocenters. The van der Waals surface area contributed by atoms with Crippen molar-refractivity contribution in [3.8, 4) is 5.69 Å². The monoisotopic (exact) mass is 289 g/mol. The van der Waals surface area contributed by atoms with Crippen molar-refractivity contribution >= 4 is 11.7 Å². The van der Waals surface area contributed by atoms with Crippen molar-refractivity contribution in [1.29, 1.82) is 0 Å². The summed E-state index contributed by atoms with van der Waals surface area (Å²) in [7, 11) is 0. The summed E-state index contributed by atoms with van der Waals surface area (Å²) in [5.74, 6) is -0.934. The van der Waals surface area contributed by atoms with Gasteiger partial charge in [-0.25, -0.2) is 4.68 Å². The third-order valence-corrected chi connectivity index (χ3v) is 3.47. The van der Waals surface area contributed by atoms with Crippen LogP contribution in [0.4, 0.5) is 5.69 Å². The zero-order chi connectivity index (χ0) is 15.7. The van der Waals surface area contributed by atoms with Crippen LogP contribution in [0.25, 0.3) is 5.69 Å². The van der Waals surface area contributed by atoms with Crippen LogP contribution in [-0.4, -0.2) is 25.8 Å². The summed E-state index contributed by atoms with van der Waals surface area (Å²) in [4.78, 5) is 21.5. The first kappa shape index (κ1) is 14.7. The first-order valence-electron chi connectivity index (χ1n) is 6.34. The molecule has 2 rings (SSSR count). The van der Waals surface area contributed by atoms with Gasteiger partial charge in [0.1, 0.15) is 0 Å². The first-order chi connectivity index (χ1) is 9.82. The van der Waals surface area contributed by atoms with Gasteiger partial charge in [0.2, 0.25) is 0 Å². The normalized spacial score (nSPS) is 10.6. The van der Waals surface area contributed by atoms with Crippen LogP contribution >= 0.6 is 0 Å². The van der Waals surface area contributed by atoms with Gasteiger partial charge in [-0.1, -0.05) is 6.07 Å². The highest BCUT2D eigenvalue weighted by Crippen LogP contribution is 2.26. The smallest absolute Gasteiger partial charge is 0.307 e. The molecule has 0 aliphatic carbocycles. The Kier molecular flexibility index (Phi) is 3.75. The lowest BCUT2D eigenvalue weighted by molar-refractivity contribution is -0.385. The van der Waals surface area contributed by atoms with Crippen LogP contribution in [0.5, 0.6) is 0 Å². The first-order valence-corrected chi connectivity index (χ1v) is 6.34. The van der Waals surface area contributed by atoms with E-state index in [1.54, 1.807) is 37.6 Å². The van der Waals surface area contributed by atoms with E-state index in [2.05, 4.69) is 5.10 Å². The third kappa shape index (κ3) is 2.62. The molecule has 0 atom stereocenters. The number of benzene rings is 1. The molecular formula is C14H15N3O4. The third-order valence-electron chi connectivity index (χ3n) is 3.47. The second-order valence-electron chi connectivity index (χ2n) is 4.81. The molecule has 1 aromatic heterocycles. The van der Waals surface area contributed by atoms with Crippen LogP contribution in [0.1, 0.15) is 22.5 Å². The van der Waals surface area contributed by atoms with E-state index in [0.29, 0.717) is 28.2 Å². The summed E-state index contributed by atoms with van der Waals surface area (Å²) >= 11 is 0. The molecule has 7 nitrogen and oxygen atoms in total. The Balaban J connectivity index is 2.61. The van der Waals surface area contributed by atoms with Crippen molar-refractivity contribution in [1.82, 2.24) is 9.78 Å². The lowest BCUT2D eigenvalue weighted by Crippen LogP contribution is -2.05. The molecule has 0 saturated heterocycles. The second-order valence-corrected chi connectivity index (χ2v) is 4.81. The maximum atomic E-state index is 11.0. The number of nitro groups is 1. The second kappa shape index (κ2) is 5.35. The number of carboxylic acids is 1. The number of hydrogen-bond donors (Lipinski definition) is 1. The molecule has 0 spiro atoms. The van der Waals surface area contributed by atoms with Crippen LogP contribution in [-0.2, 0) is 11.2 Å². The molecule has 0 bridgehead atoms. The lowest BCUT2D eigenvalue weighted by atomic mass is 10.1. The summed E-state index contributed by atoms with van der Waals surface area (Å²) in [6, 6.07) is 4.75. The molecule has 0 saturated carbocycles. The molecule has 110 valence electrons. The highest BCUT2D eigenvalue weighted by atomic mass is 16.6. The van der Waals surface area contributed by atoms with Crippen molar-refractivity contribution in [3.05, 3.63) is 50.8 Å². The van der Waals surface area contributed by atoms with Gasteiger partial charge in [-0.05, 0) is 26.8 Å². The predicted octanol–water partition coefficient (Wildman–Crippen LogP) is 2.33. The summed E-state index contributed by atoms with van der Waals surface area (Å²) in [5, 5.41) is 24.3. The minimum atomic E-state index is -0.934. The summed E-state index contributed by atoms with van der Waals surface area (Å²) < 4.78 is 1.57. The van der Waals surface area contributed by atoms with Crippen LogP contribution in [0.15, 0.2) is 18.2 Å². The topological polar surface area (TPSA) is 98.3 Å². The number of carboxylic acid groups (broad SMARTS) is 1. The molecule has 1 N–H and O–H groups in total. The average molecular weight is 289 g/mol. The standard InChI is InChI=1S/C14H15N3O4/c1-8-12(5-4-6-13(8)17(20)21)16-10(3)11(7-14(18)19)9(2)15-16/h4-6H,7H2,1-3H3,(H,18,19). The molecular weight excluding hydrogens is 274 g/mol. The van der Waals surface area contributed by atoms with Gasteiger partial charge in [0.05, 0.1) is 28.3 Å². The number of nitrogens with zero attached hydrogens (tertiary/aromatic N) is 3.